The zero-order valence-electron chi connectivity index (χ0n) is 13.9. The lowest BCUT2D eigenvalue weighted by atomic mass is 9.97. The van der Waals surface area contributed by atoms with Crippen molar-refractivity contribution in [2.75, 3.05) is 6.54 Å². The van der Waals surface area contributed by atoms with Crippen molar-refractivity contribution in [3.05, 3.63) is 40.4 Å². The third-order valence-electron chi connectivity index (χ3n) is 4.61. The lowest BCUT2D eigenvalue weighted by molar-refractivity contribution is -0.121. The van der Waals surface area contributed by atoms with Gasteiger partial charge in [0, 0.05) is 37.4 Å². The van der Waals surface area contributed by atoms with Gasteiger partial charge in [-0.3, -0.25) is 20.4 Å². The van der Waals surface area contributed by atoms with Crippen LogP contribution in [0.2, 0.25) is 0 Å². The SMILES string of the molecule is CC1NNC(C)C1CNC(=O)CCc1nc2ccccc2c(=O)[nH]1. The third-order valence-corrected chi connectivity index (χ3v) is 4.61. The van der Waals surface area contributed by atoms with Gasteiger partial charge < -0.3 is 10.3 Å². The number of aromatic amines is 1. The van der Waals surface area contributed by atoms with Crippen molar-refractivity contribution in [2.45, 2.75) is 38.8 Å². The second-order valence-corrected chi connectivity index (χ2v) is 6.36. The van der Waals surface area contributed by atoms with Crippen LogP contribution in [0, 0.1) is 5.92 Å². The normalized spacial score (nSPS) is 23.5. The summed E-state index contributed by atoms with van der Waals surface area (Å²) < 4.78 is 0. The minimum absolute atomic E-state index is 0.0305. The molecule has 1 aliphatic heterocycles. The van der Waals surface area contributed by atoms with E-state index in [1.165, 1.54) is 0 Å². The maximum absolute atomic E-state index is 12.1. The van der Waals surface area contributed by atoms with Crippen LogP contribution in [0.1, 0.15) is 26.1 Å². The van der Waals surface area contributed by atoms with E-state index in [1.807, 2.05) is 6.07 Å². The Morgan fingerprint density at radius 1 is 1.21 bits per heavy atom. The van der Waals surface area contributed by atoms with E-state index < -0.39 is 0 Å². The van der Waals surface area contributed by atoms with Crippen molar-refractivity contribution < 1.29 is 4.79 Å². The van der Waals surface area contributed by atoms with E-state index in [-0.39, 0.29) is 11.5 Å². The number of para-hydroxylation sites is 1. The highest BCUT2D eigenvalue weighted by atomic mass is 16.1. The standard InChI is InChI=1S/C17H23N5O2/c1-10-13(11(2)22-21-10)9-18-16(23)8-7-15-19-14-6-4-3-5-12(14)17(24)20-15/h3-6,10-11,13,21-22H,7-9H2,1-2H3,(H,18,23)(H,19,20,24). The van der Waals surface area contributed by atoms with Crippen LogP contribution in [-0.2, 0) is 11.2 Å². The van der Waals surface area contributed by atoms with Gasteiger partial charge in [0.15, 0.2) is 0 Å². The summed E-state index contributed by atoms with van der Waals surface area (Å²) in [6.07, 6.45) is 0.718. The summed E-state index contributed by atoms with van der Waals surface area (Å²) in [4.78, 5) is 31.2. The van der Waals surface area contributed by atoms with Gasteiger partial charge in [-0.2, -0.15) is 0 Å². The molecule has 3 rings (SSSR count). The fourth-order valence-corrected chi connectivity index (χ4v) is 3.07. The average Bonchev–Trinajstić information content (AvgIpc) is 2.89. The Bertz CT molecular complexity index is 778. The molecule has 128 valence electrons. The van der Waals surface area contributed by atoms with E-state index in [4.69, 9.17) is 0 Å². The number of nitrogens with zero attached hydrogens (tertiary/aromatic N) is 1. The lowest BCUT2D eigenvalue weighted by Gasteiger charge is -2.18. The van der Waals surface area contributed by atoms with Crippen molar-refractivity contribution in [2.24, 2.45) is 5.92 Å². The molecule has 1 amide bonds. The summed E-state index contributed by atoms with van der Waals surface area (Å²) in [5.41, 5.74) is 6.84. The predicted octanol–water partition coefficient (Wildman–Crippen LogP) is 0.473. The molecule has 1 saturated heterocycles. The second kappa shape index (κ2) is 7.11. The maximum atomic E-state index is 12.1. The van der Waals surface area contributed by atoms with Gasteiger partial charge in [0.2, 0.25) is 5.91 Å². The Hall–Kier alpha value is -2.25. The first-order chi connectivity index (χ1) is 11.5. The second-order valence-electron chi connectivity index (χ2n) is 6.36. The number of fused-ring (bicyclic) bond motifs is 1. The van der Waals surface area contributed by atoms with Crippen molar-refractivity contribution in [3.63, 3.8) is 0 Å². The van der Waals surface area contributed by atoms with Crippen LogP contribution >= 0.6 is 0 Å². The van der Waals surface area contributed by atoms with Gasteiger partial charge in [0.25, 0.3) is 5.56 Å². The molecule has 0 spiro atoms. The van der Waals surface area contributed by atoms with Crippen molar-refractivity contribution in [3.8, 4) is 0 Å². The molecule has 2 heterocycles. The summed E-state index contributed by atoms with van der Waals surface area (Å²) >= 11 is 0. The van der Waals surface area contributed by atoms with E-state index in [9.17, 15) is 9.59 Å². The number of hydrazine groups is 1. The molecule has 1 aliphatic rings. The average molecular weight is 329 g/mol. The van der Waals surface area contributed by atoms with Gasteiger partial charge in [-0.05, 0) is 26.0 Å². The first kappa shape index (κ1) is 16.6. The monoisotopic (exact) mass is 329 g/mol. The van der Waals surface area contributed by atoms with Crippen LogP contribution < -0.4 is 21.7 Å². The number of H-pyrrole nitrogens is 1. The van der Waals surface area contributed by atoms with Gasteiger partial charge in [-0.1, -0.05) is 12.1 Å². The van der Waals surface area contributed by atoms with Crippen molar-refractivity contribution in [1.82, 2.24) is 26.1 Å². The minimum atomic E-state index is -0.165. The van der Waals surface area contributed by atoms with Crippen LogP contribution in [0.5, 0.6) is 0 Å². The summed E-state index contributed by atoms with van der Waals surface area (Å²) in [6, 6.07) is 7.83. The summed E-state index contributed by atoms with van der Waals surface area (Å²) in [7, 11) is 0. The van der Waals surface area contributed by atoms with Crippen LogP contribution in [0.25, 0.3) is 10.9 Å². The Labute approximate surface area is 140 Å². The number of aryl methyl sites for hydroxylation is 1. The summed E-state index contributed by atoms with van der Waals surface area (Å²) in [5.74, 6) is 0.865. The Kier molecular flexibility index (Phi) is 4.92. The molecule has 1 aromatic carbocycles. The molecule has 7 heteroatoms. The fraction of sp³-hybridized carbons (Fsp3) is 0.471. The molecule has 2 atom stereocenters. The molecule has 1 aromatic heterocycles. The molecular weight excluding hydrogens is 306 g/mol. The maximum Gasteiger partial charge on any atom is 0.258 e. The molecule has 2 unspecified atom stereocenters. The number of rotatable bonds is 5. The molecule has 0 radical (unpaired) electrons. The number of carbonyl (C=O) groups excluding carboxylic acids is 1. The molecule has 7 nitrogen and oxygen atoms in total. The number of hydrogen-bond acceptors (Lipinski definition) is 5. The Morgan fingerprint density at radius 2 is 1.92 bits per heavy atom. The van der Waals surface area contributed by atoms with E-state index in [0.29, 0.717) is 54.1 Å². The Balaban J connectivity index is 1.55. The van der Waals surface area contributed by atoms with Gasteiger partial charge >= 0.3 is 0 Å². The van der Waals surface area contributed by atoms with Gasteiger partial charge in [0.1, 0.15) is 5.82 Å². The van der Waals surface area contributed by atoms with Crippen molar-refractivity contribution >= 4 is 16.8 Å². The van der Waals surface area contributed by atoms with Gasteiger partial charge in [-0.25, -0.2) is 4.98 Å². The smallest absolute Gasteiger partial charge is 0.258 e. The third kappa shape index (κ3) is 3.63. The number of benzene rings is 1. The number of amides is 1. The molecular formula is C17H23N5O2. The predicted molar refractivity (Wildman–Crippen MR) is 92.4 cm³/mol. The lowest BCUT2D eigenvalue weighted by Crippen LogP contribution is -2.37. The van der Waals surface area contributed by atoms with Crippen LogP contribution in [0.4, 0.5) is 0 Å². The summed E-state index contributed by atoms with van der Waals surface area (Å²) in [6.45, 7) is 4.82. The fourth-order valence-electron chi connectivity index (χ4n) is 3.07. The van der Waals surface area contributed by atoms with Crippen LogP contribution in [0.15, 0.2) is 29.1 Å². The highest BCUT2D eigenvalue weighted by Crippen LogP contribution is 2.13. The topological polar surface area (TPSA) is 98.9 Å². The minimum Gasteiger partial charge on any atom is -0.356 e. The quantitative estimate of drug-likeness (QED) is 0.639. The van der Waals surface area contributed by atoms with E-state index in [1.54, 1.807) is 18.2 Å². The molecule has 24 heavy (non-hydrogen) atoms. The van der Waals surface area contributed by atoms with Gasteiger partial charge in [-0.15, -0.1) is 0 Å². The highest BCUT2D eigenvalue weighted by molar-refractivity contribution is 5.78. The van der Waals surface area contributed by atoms with Gasteiger partial charge in [0.05, 0.1) is 10.9 Å². The molecule has 2 aromatic rings. The largest absolute Gasteiger partial charge is 0.356 e. The molecule has 0 aliphatic carbocycles. The zero-order valence-corrected chi connectivity index (χ0v) is 13.9. The number of hydrogen-bond donors (Lipinski definition) is 4. The van der Waals surface area contributed by atoms with E-state index >= 15 is 0 Å². The van der Waals surface area contributed by atoms with Crippen LogP contribution in [0.3, 0.4) is 0 Å². The summed E-state index contributed by atoms with van der Waals surface area (Å²) in [5, 5.41) is 3.53. The molecule has 0 bridgehead atoms. The van der Waals surface area contributed by atoms with Crippen molar-refractivity contribution in [1.29, 1.82) is 0 Å². The molecule has 1 fully saturated rings. The zero-order chi connectivity index (χ0) is 17.1. The number of carbonyl (C=O) groups is 1. The highest BCUT2D eigenvalue weighted by Gasteiger charge is 2.29. The first-order valence-electron chi connectivity index (χ1n) is 8.30. The number of aromatic nitrogens is 2. The van der Waals surface area contributed by atoms with E-state index in [2.05, 4.69) is 40.0 Å². The Morgan fingerprint density at radius 3 is 2.67 bits per heavy atom. The molecule has 4 N–H and O–H groups in total. The van der Waals surface area contributed by atoms with E-state index in [0.717, 1.165) is 0 Å². The number of nitrogens with one attached hydrogen (secondary N) is 4. The first-order valence-corrected chi connectivity index (χ1v) is 8.30. The van der Waals surface area contributed by atoms with Crippen LogP contribution in [-0.4, -0.2) is 34.5 Å². The molecule has 0 saturated carbocycles.